The van der Waals surface area contributed by atoms with Crippen molar-refractivity contribution in [2.45, 2.75) is 193 Å². The largest absolute Gasteiger partial charge is 0.469 e. The highest BCUT2D eigenvalue weighted by Crippen LogP contribution is 2.36. The minimum atomic E-state index is -4.80. The first-order valence-electron chi connectivity index (χ1n) is 21.8. The molecule has 10 heteroatoms. The van der Waals surface area contributed by atoms with Gasteiger partial charge in [-0.1, -0.05) is 196 Å². The number of ether oxygens (including phenoxy) is 2. The molecule has 0 fully saturated rings. The molecular formula is C46H79O9P. The second-order valence-electron chi connectivity index (χ2n) is 14.5. The lowest BCUT2D eigenvalue weighted by Crippen LogP contribution is -2.29. The zero-order valence-electron chi connectivity index (χ0n) is 35.1. The van der Waals surface area contributed by atoms with E-state index in [1.165, 1.54) is 89.9 Å². The average Bonchev–Trinajstić information content (AvgIpc) is 3.16. The van der Waals surface area contributed by atoms with E-state index in [1.54, 1.807) is 18.2 Å². The van der Waals surface area contributed by atoms with Gasteiger partial charge in [0.1, 0.15) is 6.61 Å². The van der Waals surface area contributed by atoms with Gasteiger partial charge in [-0.25, -0.2) is 4.57 Å². The number of phosphoric ester groups is 1. The number of esters is 2. The fourth-order valence-corrected chi connectivity index (χ4v) is 6.20. The van der Waals surface area contributed by atoms with Crippen molar-refractivity contribution >= 4 is 19.8 Å². The zero-order valence-corrected chi connectivity index (χ0v) is 36.0. The van der Waals surface area contributed by atoms with Crippen LogP contribution in [0, 0.1) is 0 Å². The van der Waals surface area contributed by atoms with Gasteiger partial charge in [-0.2, -0.15) is 0 Å². The Morgan fingerprint density at radius 3 is 1.59 bits per heavy atom. The van der Waals surface area contributed by atoms with E-state index in [0.717, 1.165) is 44.9 Å². The average molecular weight is 807 g/mol. The van der Waals surface area contributed by atoms with Crippen LogP contribution in [0.4, 0.5) is 0 Å². The van der Waals surface area contributed by atoms with Crippen LogP contribution in [0.25, 0.3) is 0 Å². The van der Waals surface area contributed by atoms with Crippen LogP contribution >= 0.6 is 7.82 Å². The molecule has 0 aromatic heterocycles. The predicted molar refractivity (Wildman–Crippen MR) is 231 cm³/mol. The molecule has 1 unspecified atom stereocenters. The highest BCUT2D eigenvalue weighted by atomic mass is 31.2. The number of carbonyl (C=O) groups excluding carboxylic acids is 2. The van der Waals surface area contributed by atoms with Gasteiger partial charge in [0, 0.05) is 12.8 Å². The maximum atomic E-state index is 12.4. The Morgan fingerprint density at radius 1 is 0.571 bits per heavy atom. The molecule has 0 bridgehead atoms. The Balaban J connectivity index is 4.10. The van der Waals surface area contributed by atoms with Crippen molar-refractivity contribution in [3.63, 3.8) is 0 Å². The lowest BCUT2D eigenvalue weighted by atomic mass is 10.0. The number of carbonyl (C=O) groups is 2. The molecule has 0 rings (SSSR count). The van der Waals surface area contributed by atoms with Gasteiger partial charge in [0.2, 0.25) is 0 Å². The monoisotopic (exact) mass is 807 g/mol. The van der Waals surface area contributed by atoms with E-state index in [0.29, 0.717) is 19.3 Å². The summed E-state index contributed by atoms with van der Waals surface area (Å²) in [6.45, 7) is 3.43. The van der Waals surface area contributed by atoms with Crippen molar-refractivity contribution in [2.75, 3.05) is 13.2 Å². The molecule has 0 aliphatic carbocycles. The number of unbranched alkanes of at least 4 members (excludes halogenated alkanes) is 17. The van der Waals surface area contributed by atoms with Crippen molar-refractivity contribution in [2.24, 2.45) is 0 Å². The molecule has 0 aromatic carbocycles. The summed E-state index contributed by atoms with van der Waals surface area (Å²) in [5, 5.41) is 10.1. The van der Waals surface area contributed by atoms with Gasteiger partial charge < -0.3 is 24.4 Å². The van der Waals surface area contributed by atoms with Gasteiger partial charge in [0.15, 0.2) is 6.10 Å². The molecule has 56 heavy (non-hydrogen) atoms. The summed E-state index contributed by atoms with van der Waals surface area (Å²) >= 11 is 0. The van der Waals surface area contributed by atoms with Gasteiger partial charge in [-0.05, 0) is 44.9 Å². The summed E-state index contributed by atoms with van der Waals surface area (Å²) in [6, 6.07) is 0. The molecule has 2 atom stereocenters. The number of hydrogen-bond acceptors (Lipinski definition) is 7. The number of hydrogen-bond donors (Lipinski definition) is 3. The third-order valence-electron chi connectivity index (χ3n) is 9.08. The summed E-state index contributed by atoms with van der Waals surface area (Å²) in [6.07, 6.45) is 49.4. The number of allylic oxidation sites excluding steroid dienone is 10. The molecule has 9 nitrogen and oxygen atoms in total. The lowest BCUT2D eigenvalue weighted by Gasteiger charge is -2.18. The fourth-order valence-electron chi connectivity index (χ4n) is 5.84. The van der Waals surface area contributed by atoms with Crippen molar-refractivity contribution in [1.82, 2.24) is 0 Å². The lowest BCUT2D eigenvalue weighted by molar-refractivity contribution is -0.161. The highest BCUT2D eigenvalue weighted by molar-refractivity contribution is 7.46. The van der Waals surface area contributed by atoms with Crippen LogP contribution in [0.2, 0.25) is 0 Å². The van der Waals surface area contributed by atoms with Crippen molar-refractivity contribution < 1.29 is 43.0 Å². The van der Waals surface area contributed by atoms with Crippen molar-refractivity contribution in [3.05, 3.63) is 72.9 Å². The van der Waals surface area contributed by atoms with Crippen LogP contribution in [-0.2, 0) is 28.2 Å². The Kier molecular flexibility index (Phi) is 38.8. The van der Waals surface area contributed by atoms with E-state index in [9.17, 15) is 19.3 Å². The quantitative estimate of drug-likeness (QED) is 0.0182. The van der Waals surface area contributed by atoms with Crippen molar-refractivity contribution in [3.8, 4) is 0 Å². The smallest absolute Gasteiger partial charge is 0.462 e. The normalized spacial score (nSPS) is 13.7. The standard InChI is InChI=1S/C46H79O9P/c1-3-5-7-9-11-13-15-17-18-19-20-21-23-25-27-29-31-35-40-46(49)55-44(42-54-56(50,51)52)41-53-45(48)39-36-32-34-38-43(47)37-33-30-28-26-24-22-16-14-12-10-8-6-4-2/h6,8,12,14,22,24,28,30,32-34,37,43-44,47H,3-5,7,9-11,13,15-21,23,25-27,29,31,35-36,38-42H2,1-2H3,(H2,50,51,52)/b8-6-,14-12-,24-22-,30-28-,34-32-,37-33-/t43?,44-/m1/s1. The molecule has 0 heterocycles. The highest BCUT2D eigenvalue weighted by Gasteiger charge is 2.22. The molecule has 0 saturated heterocycles. The fraction of sp³-hybridized carbons (Fsp3) is 0.696. The van der Waals surface area contributed by atoms with Crippen LogP contribution in [0.3, 0.4) is 0 Å². The molecule has 322 valence electrons. The van der Waals surface area contributed by atoms with E-state index >= 15 is 0 Å². The second kappa shape index (κ2) is 40.6. The molecule has 0 aliphatic rings. The molecule has 0 saturated carbocycles. The van der Waals surface area contributed by atoms with Gasteiger partial charge in [0.05, 0.1) is 12.7 Å². The summed E-state index contributed by atoms with van der Waals surface area (Å²) in [5.41, 5.74) is 0. The molecular weight excluding hydrogens is 727 g/mol. The Hall–Kier alpha value is -2.55. The molecule has 0 radical (unpaired) electrons. The first-order chi connectivity index (χ1) is 27.2. The topological polar surface area (TPSA) is 140 Å². The Morgan fingerprint density at radius 2 is 1.07 bits per heavy atom. The summed E-state index contributed by atoms with van der Waals surface area (Å²) in [5.74, 6) is -1.07. The number of aliphatic hydroxyl groups is 1. The van der Waals surface area contributed by atoms with Crippen LogP contribution in [0.15, 0.2) is 72.9 Å². The maximum absolute atomic E-state index is 12.4. The number of aliphatic hydroxyl groups excluding tert-OH is 1. The molecule has 3 N–H and O–H groups in total. The van der Waals surface area contributed by atoms with Crippen LogP contribution in [-0.4, -0.2) is 52.3 Å². The number of rotatable bonds is 39. The van der Waals surface area contributed by atoms with Crippen LogP contribution < -0.4 is 0 Å². The summed E-state index contributed by atoms with van der Waals surface area (Å²) in [4.78, 5) is 42.9. The summed E-state index contributed by atoms with van der Waals surface area (Å²) < 4.78 is 26.3. The summed E-state index contributed by atoms with van der Waals surface area (Å²) in [7, 11) is -4.80. The third-order valence-corrected chi connectivity index (χ3v) is 9.57. The molecule has 0 aromatic rings. The number of phosphoric acid groups is 1. The van der Waals surface area contributed by atoms with E-state index in [2.05, 4.69) is 54.8 Å². The van der Waals surface area contributed by atoms with Gasteiger partial charge in [0.25, 0.3) is 0 Å². The molecule has 0 aliphatic heterocycles. The van der Waals surface area contributed by atoms with Crippen LogP contribution in [0.1, 0.15) is 181 Å². The minimum absolute atomic E-state index is 0.0592. The molecule has 0 spiro atoms. The molecule has 0 amide bonds. The van der Waals surface area contributed by atoms with Gasteiger partial charge >= 0.3 is 19.8 Å². The van der Waals surface area contributed by atoms with E-state index in [-0.39, 0.29) is 19.4 Å². The van der Waals surface area contributed by atoms with Gasteiger partial charge in [-0.3, -0.25) is 14.1 Å². The Bertz CT molecular complexity index is 1150. The maximum Gasteiger partial charge on any atom is 0.469 e. The minimum Gasteiger partial charge on any atom is -0.462 e. The van der Waals surface area contributed by atoms with E-state index < -0.39 is 38.6 Å². The SMILES string of the molecule is CC/C=C\C/C=C\C/C=C\C/C=C\C=C/C(O)C/C=C\CCC(=O)OC[C@H](COP(=O)(O)O)OC(=O)CCCCCCCCCCCCCCCCCCCC. The van der Waals surface area contributed by atoms with Crippen LogP contribution in [0.5, 0.6) is 0 Å². The van der Waals surface area contributed by atoms with Crippen molar-refractivity contribution in [1.29, 1.82) is 0 Å². The van der Waals surface area contributed by atoms with E-state index in [1.807, 2.05) is 18.2 Å². The first kappa shape index (κ1) is 53.5. The Labute approximate surface area is 341 Å². The zero-order chi connectivity index (χ0) is 41.2. The second-order valence-corrected chi connectivity index (χ2v) is 15.7. The third kappa shape index (κ3) is 42.6. The van der Waals surface area contributed by atoms with E-state index in [4.69, 9.17) is 19.3 Å². The first-order valence-corrected chi connectivity index (χ1v) is 23.4. The predicted octanol–water partition coefficient (Wildman–Crippen LogP) is 12.4. The van der Waals surface area contributed by atoms with Gasteiger partial charge in [-0.15, -0.1) is 0 Å².